The van der Waals surface area contributed by atoms with Gasteiger partial charge in [-0.1, -0.05) is 170 Å². The van der Waals surface area contributed by atoms with E-state index in [4.69, 9.17) is 4.98 Å². The molecule has 0 fully saturated rings. The van der Waals surface area contributed by atoms with Gasteiger partial charge in [0.2, 0.25) is 5.78 Å². The monoisotopic (exact) mass is 699 g/mol. The van der Waals surface area contributed by atoms with E-state index in [-0.39, 0.29) is 0 Å². The third-order valence-electron chi connectivity index (χ3n) is 11.1. The Hall–Kier alpha value is -7.36. The van der Waals surface area contributed by atoms with Gasteiger partial charge in [-0.3, -0.25) is 4.40 Å². The molecule has 0 bridgehead atoms. The van der Waals surface area contributed by atoms with E-state index < -0.39 is 0 Å². The Labute approximate surface area is 318 Å². The average Bonchev–Trinajstić information content (AvgIpc) is 3.70. The van der Waals surface area contributed by atoms with Gasteiger partial charge in [-0.2, -0.15) is 0 Å². The molecule has 55 heavy (non-hydrogen) atoms. The van der Waals surface area contributed by atoms with Crippen LogP contribution in [0, 0.1) is 0 Å². The summed E-state index contributed by atoms with van der Waals surface area (Å²) < 4.78 is 2.08. The van der Waals surface area contributed by atoms with Crippen LogP contribution < -0.4 is 0 Å². The fraction of sp³-hybridized carbons (Fsp3) is 0. The number of imidazole rings is 1. The summed E-state index contributed by atoms with van der Waals surface area (Å²) in [4.78, 5) is 9.26. The van der Waals surface area contributed by atoms with Crippen molar-refractivity contribution >= 4 is 48.9 Å². The summed E-state index contributed by atoms with van der Waals surface area (Å²) in [6.07, 6.45) is 5.95. The molecule has 9 aromatic carbocycles. The molecule has 0 unspecified atom stereocenters. The molecule has 0 N–H and O–H groups in total. The van der Waals surface area contributed by atoms with Crippen LogP contribution in [0.25, 0.3) is 105 Å². The number of nitrogens with zero attached hydrogens (tertiary/aromatic N) is 3. The van der Waals surface area contributed by atoms with Gasteiger partial charge in [0, 0.05) is 23.5 Å². The molecule has 0 atom stereocenters. The molecule has 3 nitrogen and oxygen atoms in total. The fourth-order valence-corrected chi connectivity index (χ4v) is 8.42. The highest BCUT2D eigenvalue weighted by Gasteiger charge is 2.16. The van der Waals surface area contributed by atoms with Gasteiger partial charge >= 0.3 is 0 Å². The summed E-state index contributed by atoms with van der Waals surface area (Å²) in [5, 5.41) is 10.0. The molecule has 0 saturated heterocycles. The van der Waals surface area contributed by atoms with E-state index in [0.29, 0.717) is 5.78 Å². The predicted molar refractivity (Wildman–Crippen MR) is 230 cm³/mol. The maximum Gasteiger partial charge on any atom is 0.234 e. The highest BCUT2D eigenvalue weighted by atomic mass is 15.1. The van der Waals surface area contributed by atoms with Crippen LogP contribution in [0.4, 0.5) is 0 Å². The van der Waals surface area contributed by atoms with Crippen LogP contribution >= 0.6 is 0 Å². The lowest BCUT2D eigenvalue weighted by Gasteiger charge is -2.16. The molecule has 2 heterocycles. The van der Waals surface area contributed by atoms with Gasteiger partial charge in [0.25, 0.3) is 0 Å². The van der Waals surface area contributed by atoms with E-state index in [1.165, 1.54) is 76.5 Å². The van der Waals surface area contributed by atoms with Gasteiger partial charge in [0.15, 0.2) is 0 Å². The van der Waals surface area contributed by atoms with Crippen molar-refractivity contribution in [2.45, 2.75) is 0 Å². The molecule has 0 spiro atoms. The van der Waals surface area contributed by atoms with E-state index in [9.17, 15) is 0 Å². The summed E-state index contributed by atoms with van der Waals surface area (Å²) in [5.41, 5.74) is 11.6. The first-order valence-electron chi connectivity index (χ1n) is 18.7. The summed E-state index contributed by atoms with van der Waals surface area (Å²) in [6.45, 7) is 0. The number of aromatic nitrogens is 3. The van der Waals surface area contributed by atoms with Crippen molar-refractivity contribution in [1.82, 2.24) is 14.4 Å². The smallest absolute Gasteiger partial charge is 0.234 e. The number of hydrogen-bond donors (Lipinski definition) is 0. The molecule has 11 rings (SSSR count). The molecule has 0 radical (unpaired) electrons. The van der Waals surface area contributed by atoms with Crippen molar-refractivity contribution in [3.63, 3.8) is 0 Å². The lowest BCUT2D eigenvalue weighted by atomic mass is 9.87. The second-order valence-corrected chi connectivity index (χ2v) is 14.2. The minimum atomic E-state index is 0.690. The molecule has 0 aliphatic rings. The first-order chi connectivity index (χ1) is 27.3. The number of hydrogen-bond acceptors (Lipinski definition) is 2. The Kier molecular flexibility index (Phi) is 7.17. The minimum absolute atomic E-state index is 0.690. The Morgan fingerprint density at radius 2 is 0.800 bits per heavy atom. The largest absolute Gasteiger partial charge is 0.283 e. The van der Waals surface area contributed by atoms with Crippen molar-refractivity contribution in [1.29, 1.82) is 0 Å². The van der Waals surface area contributed by atoms with Crippen LogP contribution in [0.5, 0.6) is 0 Å². The Bertz CT molecular complexity index is 3230. The zero-order chi connectivity index (χ0) is 36.3. The maximum atomic E-state index is 4.70. The van der Waals surface area contributed by atoms with E-state index in [1.54, 1.807) is 0 Å². The van der Waals surface area contributed by atoms with Crippen LogP contribution in [0.15, 0.2) is 201 Å². The van der Waals surface area contributed by atoms with Crippen molar-refractivity contribution in [2.24, 2.45) is 0 Å². The molecular weight excluding hydrogens is 667 g/mol. The van der Waals surface area contributed by atoms with Crippen molar-refractivity contribution in [2.75, 3.05) is 0 Å². The van der Waals surface area contributed by atoms with Crippen molar-refractivity contribution < 1.29 is 0 Å². The van der Waals surface area contributed by atoms with Crippen molar-refractivity contribution in [3.05, 3.63) is 201 Å². The highest BCUT2D eigenvalue weighted by molar-refractivity contribution is 6.23. The summed E-state index contributed by atoms with van der Waals surface area (Å²) in [7, 11) is 0. The summed E-state index contributed by atoms with van der Waals surface area (Å²) in [6, 6.07) is 66.0. The average molecular weight is 700 g/mol. The van der Waals surface area contributed by atoms with E-state index in [2.05, 4.69) is 192 Å². The number of benzene rings is 9. The molecule has 0 aliphatic carbocycles. The van der Waals surface area contributed by atoms with Crippen LogP contribution in [-0.2, 0) is 0 Å². The zero-order valence-electron chi connectivity index (χ0n) is 29.9. The van der Waals surface area contributed by atoms with Gasteiger partial charge in [0.1, 0.15) is 0 Å². The first-order valence-corrected chi connectivity index (χ1v) is 18.7. The highest BCUT2D eigenvalue weighted by Crippen LogP contribution is 2.42. The minimum Gasteiger partial charge on any atom is -0.283 e. The third kappa shape index (κ3) is 5.20. The first kappa shape index (κ1) is 31.2. The second-order valence-electron chi connectivity index (χ2n) is 14.2. The maximum absolute atomic E-state index is 4.70. The standard InChI is InChI=1S/C52H33N3/c1-2-12-39(13-3-1)51-32-54-52-53-31-40(33-55(51)52)34-21-23-37(24-22-34)47-29-49-46-19-9-7-17-44(46)48(30-50(49)45-18-8-6-16-43(45)47)38-27-25-36(26-28-38)42-20-10-14-35-11-4-5-15-41(35)42/h1-33H. The van der Waals surface area contributed by atoms with Gasteiger partial charge < -0.3 is 0 Å². The molecule has 256 valence electrons. The lowest BCUT2D eigenvalue weighted by Crippen LogP contribution is -1.93. The van der Waals surface area contributed by atoms with Crippen LogP contribution in [0.2, 0.25) is 0 Å². The number of fused-ring (bicyclic) bond motifs is 7. The molecule has 3 heteroatoms. The molecule has 0 saturated carbocycles. The quantitative estimate of drug-likeness (QED) is 0.167. The Morgan fingerprint density at radius 1 is 0.309 bits per heavy atom. The van der Waals surface area contributed by atoms with Gasteiger partial charge in [-0.05, 0) is 94.2 Å². The Morgan fingerprint density at radius 3 is 1.44 bits per heavy atom. The number of rotatable bonds is 5. The van der Waals surface area contributed by atoms with E-state index in [1.807, 2.05) is 18.5 Å². The van der Waals surface area contributed by atoms with Gasteiger partial charge in [-0.15, -0.1) is 0 Å². The van der Waals surface area contributed by atoms with E-state index >= 15 is 0 Å². The van der Waals surface area contributed by atoms with Crippen molar-refractivity contribution in [3.8, 4) is 55.8 Å². The van der Waals surface area contributed by atoms with Crippen LogP contribution in [0.3, 0.4) is 0 Å². The van der Waals surface area contributed by atoms with Crippen LogP contribution in [0.1, 0.15) is 0 Å². The van der Waals surface area contributed by atoms with E-state index in [0.717, 1.165) is 22.4 Å². The molecule has 0 amide bonds. The fourth-order valence-electron chi connectivity index (χ4n) is 8.42. The zero-order valence-corrected chi connectivity index (χ0v) is 29.9. The molecule has 11 aromatic rings. The second kappa shape index (κ2) is 12.6. The lowest BCUT2D eigenvalue weighted by molar-refractivity contribution is 1.11. The van der Waals surface area contributed by atoms with Gasteiger partial charge in [0.05, 0.1) is 11.9 Å². The normalized spacial score (nSPS) is 11.6. The third-order valence-corrected chi connectivity index (χ3v) is 11.1. The van der Waals surface area contributed by atoms with Crippen LogP contribution in [-0.4, -0.2) is 14.4 Å². The summed E-state index contributed by atoms with van der Waals surface area (Å²) >= 11 is 0. The summed E-state index contributed by atoms with van der Waals surface area (Å²) in [5.74, 6) is 0.690. The molecule has 2 aromatic heterocycles. The Balaban J connectivity index is 1.01. The topological polar surface area (TPSA) is 30.2 Å². The molecular formula is C52H33N3. The SMILES string of the molecule is c1ccc(-c2cnc3ncc(-c4ccc(-c5cc6c7ccccc7c(-c7ccc(-c8cccc9ccccc89)cc7)cc6c6ccccc56)cc4)cn23)cc1. The van der Waals surface area contributed by atoms with Gasteiger partial charge in [-0.25, -0.2) is 9.97 Å². The predicted octanol–water partition coefficient (Wildman–Crippen LogP) is 13.7. The molecule has 0 aliphatic heterocycles.